The van der Waals surface area contributed by atoms with Gasteiger partial charge in [0.2, 0.25) is 5.91 Å². The first kappa shape index (κ1) is 11.2. The van der Waals surface area contributed by atoms with Gasteiger partial charge in [-0.05, 0) is 35.8 Å². The van der Waals surface area contributed by atoms with Crippen molar-refractivity contribution in [3.05, 3.63) is 53.9 Å². The van der Waals surface area contributed by atoms with Gasteiger partial charge in [0.05, 0.1) is 0 Å². The molecule has 0 radical (unpaired) electrons. The highest BCUT2D eigenvalue weighted by molar-refractivity contribution is 6.07. The highest BCUT2D eigenvalue weighted by atomic mass is 19.1. The van der Waals surface area contributed by atoms with Crippen LogP contribution in [0.4, 0.5) is 4.39 Å². The Hall–Kier alpha value is -1.90. The molecule has 1 aromatic carbocycles. The summed E-state index contributed by atoms with van der Waals surface area (Å²) in [5.41, 5.74) is 6.77. The van der Waals surface area contributed by atoms with Crippen LogP contribution in [0.5, 0.6) is 0 Å². The third kappa shape index (κ3) is 2.31. The molecule has 3 heteroatoms. The van der Waals surface area contributed by atoms with E-state index in [1.807, 2.05) is 0 Å². The number of carbonyl (C=O) groups is 1. The Balaban J connectivity index is 3.08. The smallest absolute Gasteiger partial charge is 0.248 e. The molecule has 2 N–H and O–H groups in total. The molecule has 1 rings (SSSR count). The van der Waals surface area contributed by atoms with Gasteiger partial charge in [-0.2, -0.15) is 0 Å². The van der Waals surface area contributed by atoms with Crippen LogP contribution in [0.25, 0.3) is 5.57 Å². The summed E-state index contributed by atoms with van der Waals surface area (Å²) in [6.07, 6.45) is 0. The predicted octanol–water partition coefficient (Wildman–Crippen LogP) is 2.19. The molecule has 0 saturated heterocycles. The van der Waals surface area contributed by atoms with Crippen molar-refractivity contribution in [2.45, 2.75) is 6.92 Å². The van der Waals surface area contributed by atoms with Crippen LogP contribution in [-0.4, -0.2) is 5.91 Å². The average molecular weight is 205 g/mol. The maximum Gasteiger partial charge on any atom is 0.248 e. The number of hydrogen-bond acceptors (Lipinski definition) is 1. The summed E-state index contributed by atoms with van der Waals surface area (Å²) >= 11 is 0. The number of halogens is 1. The first-order valence-electron chi connectivity index (χ1n) is 4.38. The van der Waals surface area contributed by atoms with Crippen LogP contribution in [0.1, 0.15) is 11.1 Å². The minimum absolute atomic E-state index is 0.140. The van der Waals surface area contributed by atoms with Gasteiger partial charge in [-0.3, -0.25) is 4.79 Å². The maximum absolute atomic E-state index is 13.0. The van der Waals surface area contributed by atoms with Gasteiger partial charge in [0, 0.05) is 5.57 Å². The van der Waals surface area contributed by atoms with Crippen molar-refractivity contribution in [2.24, 2.45) is 5.73 Å². The van der Waals surface area contributed by atoms with Crippen LogP contribution in [0, 0.1) is 12.7 Å². The molecule has 1 aromatic rings. The summed E-state index contributed by atoms with van der Waals surface area (Å²) in [5, 5.41) is 0. The van der Waals surface area contributed by atoms with Gasteiger partial charge in [-0.1, -0.05) is 19.2 Å². The second-order valence-electron chi connectivity index (χ2n) is 3.29. The van der Waals surface area contributed by atoms with Crippen molar-refractivity contribution in [2.75, 3.05) is 0 Å². The second-order valence-corrected chi connectivity index (χ2v) is 3.29. The molecule has 1 amide bonds. The van der Waals surface area contributed by atoms with E-state index in [2.05, 4.69) is 13.2 Å². The van der Waals surface area contributed by atoms with Crippen LogP contribution < -0.4 is 5.73 Å². The molecule has 0 atom stereocenters. The number of aryl methyl sites for hydroxylation is 1. The first-order chi connectivity index (χ1) is 6.93. The quantitative estimate of drug-likeness (QED) is 0.596. The van der Waals surface area contributed by atoms with Gasteiger partial charge < -0.3 is 5.73 Å². The lowest BCUT2D eigenvalue weighted by atomic mass is 9.99. The summed E-state index contributed by atoms with van der Waals surface area (Å²) in [7, 11) is 0. The van der Waals surface area contributed by atoms with Crippen molar-refractivity contribution >= 4 is 11.5 Å². The molecule has 0 heterocycles. The number of nitrogens with two attached hydrogens (primary N) is 1. The zero-order valence-electron chi connectivity index (χ0n) is 8.51. The van der Waals surface area contributed by atoms with E-state index in [0.717, 1.165) is 0 Å². The lowest BCUT2D eigenvalue weighted by Gasteiger charge is -2.07. The van der Waals surface area contributed by atoms with E-state index in [0.29, 0.717) is 16.7 Å². The Morgan fingerprint density at radius 1 is 1.40 bits per heavy atom. The normalized spacial score (nSPS) is 9.73. The van der Waals surface area contributed by atoms with E-state index in [-0.39, 0.29) is 11.4 Å². The van der Waals surface area contributed by atoms with E-state index < -0.39 is 5.91 Å². The fraction of sp³-hybridized carbons (Fsp3) is 0.0833. The standard InChI is InChI=1S/C12H12FNO/c1-7-6-10(4-5-11(7)13)8(2)9(3)12(14)15/h4-6H,2-3H2,1H3,(H2,14,15). The molecule has 0 aliphatic carbocycles. The van der Waals surface area contributed by atoms with Crippen LogP contribution in [0.15, 0.2) is 36.9 Å². The largest absolute Gasteiger partial charge is 0.366 e. The van der Waals surface area contributed by atoms with Crippen molar-refractivity contribution in [1.29, 1.82) is 0 Å². The summed E-state index contributed by atoms with van der Waals surface area (Å²) < 4.78 is 13.0. The number of carbonyl (C=O) groups excluding carboxylic acids is 1. The third-order valence-corrected chi connectivity index (χ3v) is 2.17. The molecule has 0 spiro atoms. The molecule has 2 nitrogen and oxygen atoms in total. The second kappa shape index (κ2) is 4.09. The van der Waals surface area contributed by atoms with E-state index in [4.69, 9.17) is 5.73 Å². The van der Waals surface area contributed by atoms with E-state index >= 15 is 0 Å². The molecule has 0 aromatic heterocycles. The predicted molar refractivity (Wildman–Crippen MR) is 58.5 cm³/mol. The Morgan fingerprint density at radius 2 is 2.00 bits per heavy atom. The molecular weight excluding hydrogens is 193 g/mol. The first-order valence-corrected chi connectivity index (χ1v) is 4.38. The van der Waals surface area contributed by atoms with E-state index in [9.17, 15) is 9.18 Å². The van der Waals surface area contributed by atoms with Crippen molar-refractivity contribution < 1.29 is 9.18 Å². The molecular formula is C12H12FNO. The average Bonchev–Trinajstić information content (AvgIpc) is 2.19. The Kier molecular flexibility index (Phi) is 3.04. The van der Waals surface area contributed by atoms with Gasteiger partial charge in [-0.15, -0.1) is 0 Å². The molecule has 0 aliphatic heterocycles. The molecule has 0 unspecified atom stereocenters. The van der Waals surface area contributed by atoms with Gasteiger partial charge in [-0.25, -0.2) is 4.39 Å². The van der Waals surface area contributed by atoms with Crippen LogP contribution in [0.3, 0.4) is 0 Å². The van der Waals surface area contributed by atoms with Gasteiger partial charge in [0.25, 0.3) is 0 Å². The lowest BCUT2D eigenvalue weighted by molar-refractivity contribution is -0.114. The third-order valence-electron chi connectivity index (χ3n) is 2.17. The monoisotopic (exact) mass is 205 g/mol. The van der Waals surface area contributed by atoms with Crippen LogP contribution in [-0.2, 0) is 4.79 Å². The number of amides is 1. The Bertz CT molecular complexity index is 449. The molecule has 0 saturated carbocycles. The van der Waals surface area contributed by atoms with Crippen LogP contribution in [0.2, 0.25) is 0 Å². The minimum Gasteiger partial charge on any atom is -0.366 e. The highest BCUT2D eigenvalue weighted by Gasteiger charge is 2.09. The van der Waals surface area contributed by atoms with Crippen molar-refractivity contribution in [1.82, 2.24) is 0 Å². The highest BCUT2D eigenvalue weighted by Crippen LogP contribution is 2.21. The fourth-order valence-corrected chi connectivity index (χ4v) is 1.16. The van der Waals surface area contributed by atoms with Gasteiger partial charge in [0.15, 0.2) is 0 Å². The number of rotatable bonds is 3. The van der Waals surface area contributed by atoms with E-state index in [1.54, 1.807) is 19.1 Å². The SMILES string of the molecule is C=C(C(=C)c1ccc(F)c(C)c1)C(N)=O. The van der Waals surface area contributed by atoms with Gasteiger partial charge >= 0.3 is 0 Å². The fourth-order valence-electron chi connectivity index (χ4n) is 1.16. The summed E-state index contributed by atoms with van der Waals surface area (Å²) in [6, 6.07) is 4.47. The topological polar surface area (TPSA) is 43.1 Å². The lowest BCUT2D eigenvalue weighted by Crippen LogP contribution is -2.13. The summed E-state index contributed by atoms with van der Waals surface area (Å²) in [4.78, 5) is 10.9. The summed E-state index contributed by atoms with van der Waals surface area (Å²) in [6.45, 7) is 8.85. The Morgan fingerprint density at radius 3 is 2.47 bits per heavy atom. The van der Waals surface area contributed by atoms with Crippen molar-refractivity contribution in [3.63, 3.8) is 0 Å². The zero-order valence-corrected chi connectivity index (χ0v) is 8.51. The van der Waals surface area contributed by atoms with E-state index in [1.165, 1.54) is 6.07 Å². The molecule has 78 valence electrons. The molecule has 0 bridgehead atoms. The number of primary amides is 1. The number of benzene rings is 1. The zero-order chi connectivity index (χ0) is 11.6. The summed E-state index contributed by atoms with van der Waals surface area (Å²) in [5.74, 6) is -0.918. The molecule has 0 aliphatic rings. The molecule has 0 fully saturated rings. The maximum atomic E-state index is 13.0. The Labute approximate surface area is 87.9 Å². The van der Waals surface area contributed by atoms with Crippen LogP contribution >= 0.6 is 0 Å². The van der Waals surface area contributed by atoms with Gasteiger partial charge in [0.1, 0.15) is 5.82 Å². The minimum atomic E-state index is -0.623. The van der Waals surface area contributed by atoms with Crippen molar-refractivity contribution in [3.8, 4) is 0 Å². The number of hydrogen-bond donors (Lipinski definition) is 1. The molecule has 15 heavy (non-hydrogen) atoms.